The molecule has 1 aromatic rings. The standard InChI is InChI=1S/C17H26F2N2O2/c1-6-13(10-20-16(22)23-17(3,4)5)21-11(2)14-9-12(18)7-8-15(14)19/h7-9,11,13,21H,6,10H2,1-5H3,(H,20,22). The van der Waals surface area contributed by atoms with E-state index in [0.717, 1.165) is 18.6 Å². The average molecular weight is 328 g/mol. The maximum atomic E-state index is 13.8. The van der Waals surface area contributed by atoms with Gasteiger partial charge in [-0.25, -0.2) is 13.6 Å². The van der Waals surface area contributed by atoms with Crippen LogP contribution >= 0.6 is 0 Å². The highest BCUT2D eigenvalue weighted by molar-refractivity contribution is 5.67. The Morgan fingerprint density at radius 3 is 2.52 bits per heavy atom. The van der Waals surface area contributed by atoms with Gasteiger partial charge in [0.05, 0.1) is 0 Å². The van der Waals surface area contributed by atoms with Crippen LogP contribution in [-0.4, -0.2) is 24.3 Å². The molecule has 0 saturated heterocycles. The molecule has 2 unspecified atom stereocenters. The van der Waals surface area contributed by atoms with Crippen LogP contribution in [0.3, 0.4) is 0 Å². The molecule has 0 aromatic heterocycles. The highest BCUT2D eigenvalue weighted by atomic mass is 19.1. The summed E-state index contributed by atoms with van der Waals surface area (Å²) in [6.07, 6.45) is 0.221. The Morgan fingerprint density at radius 1 is 1.30 bits per heavy atom. The fourth-order valence-corrected chi connectivity index (χ4v) is 2.13. The molecule has 2 N–H and O–H groups in total. The first-order chi connectivity index (χ1) is 10.6. The second kappa shape index (κ2) is 8.24. The predicted octanol–water partition coefficient (Wildman–Crippen LogP) is 3.92. The number of carbonyl (C=O) groups is 1. The van der Waals surface area contributed by atoms with Crippen molar-refractivity contribution in [2.75, 3.05) is 6.54 Å². The number of ether oxygens (including phenoxy) is 1. The van der Waals surface area contributed by atoms with Crippen LogP contribution in [0.5, 0.6) is 0 Å². The Hall–Kier alpha value is -1.69. The lowest BCUT2D eigenvalue weighted by molar-refractivity contribution is 0.0521. The summed E-state index contributed by atoms with van der Waals surface area (Å²) in [5, 5.41) is 5.87. The van der Waals surface area contributed by atoms with Gasteiger partial charge in [-0.1, -0.05) is 6.92 Å². The SMILES string of the molecule is CCC(CNC(=O)OC(C)(C)C)NC(C)c1cc(F)ccc1F. The normalized spacial score (nSPS) is 14.2. The maximum Gasteiger partial charge on any atom is 0.407 e. The zero-order chi connectivity index (χ0) is 17.6. The molecule has 0 spiro atoms. The van der Waals surface area contributed by atoms with Gasteiger partial charge in [-0.05, 0) is 52.3 Å². The molecule has 4 nitrogen and oxygen atoms in total. The Morgan fingerprint density at radius 2 is 1.96 bits per heavy atom. The Labute approximate surface area is 136 Å². The molecule has 1 rings (SSSR count). The first-order valence-electron chi connectivity index (χ1n) is 7.80. The number of nitrogens with one attached hydrogen (secondary N) is 2. The second-order valence-corrected chi connectivity index (χ2v) is 6.54. The third-order valence-electron chi connectivity index (χ3n) is 3.29. The second-order valence-electron chi connectivity index (χ2n) is 6.54. The van der Waals surface area contributed by atoms with Crippen molar-refractivity contribution in [1.82, 2.24) is 10.6 Å². The average Bonchev–Trinajstić information content (AvgIpc) is 2.43. The molecule has 0 aliphatic heterocycles. The van der Waals surface area contributed by atoms with Crippen LogP contribution in [0.15, 0.2) is 18.2 Å². The number of rotatable bonds is 6. The lowest BCUT2D eigenvalue weighted by Crippen LogP contribution is -2.43. The van der Waals surface area contributed by atoms with E-state index in [2.05, 4.69) is 10.6 Å². The number of hydrogen-bond donors (Lipinski definition) is 2. The molecule has 2 atom stereocenters. The van der Waals surface area contributed by atoms with E-state index < -0.39 is 23.3 Å². The third-order valence-corrected chi connectivity index (χ3v) is 3.29. The summed E-state index contributed by atoms with van der Waals surface area (Å²) in [4.78, 5) is 11.7. The van der Waals surface area contributed by atoms with Crippen LogP contribution in [0, 0.1) is 11.6 Å². The van der Waals surface area contributed by atoms with Crippen LogP contribution in [-0.2, 0) is 4.74 Å². The van der Waals surface area contributed by atoms with Crippen molar-refractivity contribution in [2.45, 2.75) is 58.7 Å². The van der Waals surface area contributed by atoms with Crippen molar-refractivity contribution >= 4 is 6.09 Å². The molecular formula is C17H26F2N2O2. The van der Waals surface area contributed by atoms with Crippen molar-refractivity contribution < 1.29 is 18.3 Å². The summed E-state index contributed by atoms with van der Waals surface area (Å²) in [5.74, 6) is -0.934. The topological polar surface area (TPSA) is 50.4 Å². The number of hydrogen-bond acceptors (Lipinski definition) is 3. The maximum absolute atomic E-state index is 13.8. The minimum absolute atomic E-state index is 0.0832. The van der Waals surface area contributed by atoms with Gasteiger partial charge in [0.15, 0.2) is 0 Å². The lowest BCUT2D eigenvalue weighted by atomic mass is 10.1. The van der Waals surface area contributed by atoms with Crippen molar-refractivity contribution in [1.29, 1.82) is 0 Å². The molecule has 0 aliphatic rings. The van der Waals surface area contributed by atoms with Crippen LogP contribution < -0.4 is 10.6 Å². The fraction of sp³-hybridized carbons (Fsp3) is 0.588. The van der Waals surface area contributed by atoms with Gasteiger partial charge in [0.25, 0.3) is 0 Å². The van der Waals surface area contributed by atoms with Crippen LogP contribution in [0.4, 0.5) is 13.6 Å². The summed E-state index contributed by atoms with van der Waals surface area (Å²) in [5.41, 5.74) is -0.294. The predicted molar refractivity (Wildman–Crippen MR) is 86.2 cm³/mol. The van der Waals surface area contributed by atoms with E-state index >= 15 is 0 Å². The molecule has 1 aromatic carbocycles. The summed E-state index contributed by atoms with van der Waals surface area (Å²) in [6, 6.07) is 2.92. The summed E-state index contributed by atoms with van der Waals surface area (Å²) in [6.45, 7) is 9.41. The zero-order valence-electron chi connectivity index (χ0n) is 14.4. The highest BCUT2D eigenvalue weighted by Crippen LogP contribution is 2.18. The number of alkyl carbamates (subject to hydrolysis) is 1. The van der Waals surface area contributed by atoms with Gasteiger partial charge < -0.3 is 15.4 Å². The van der Waals surface area contributed by atoms with Gasteiger partial charge in [0.2, 0.25) is 0 Å². The molecule has 0 heterocycles. The quantitative estimate of drug-likeness (QED) is 0.832. The smallest absolute Gasteiger partial charge is 0.407 e. The molecule has 0 fully saturated rings. The molecule has 0 bridgehead atoms. The molecule has 0 radical (unpaired) electrons. The van der Waals surface area contributed by atoms with Crippen LogP contribution in [0.2, 0.25) is 0 Å². The first-order valence-corrected chi connectivity index (χ1v) is 7.80. The van der Waals surface area contributed by atoms with Crippen molar-refractivity contribution in [3.8, 4) is 0 Å². The fourth-order valence-electron chi connectivity index (χ4n) is 2.13. The number of amides is 1. The molecule has 1 amide bonds. The zero-order valence-corrected chi connectivity index (χ0v) is 14.4. The van der Waals surface area contributed by atoms with Gasteiger partial charge >= 0.3 is 6.09 Å². The molecule has 23 heavy (non-hydrogen) atoms. The van der Waals surface area contributed by atoms with E-state index in [0.29, 0.717) is 6.54 Å². The molecule has 6 heteroatoms. The van der Waals surface area contributed by atoms with Crippen molar-refractivity contribution in [3.63, 3.8) is 0 Å². The summed E-state index contributed by atoms with van der Waals surface area (Å²) >= 11 is 0. The van der Waals surface area contributed by atoms with Crippen molar-refractivity contribution in [3.05, 3.63) is 35.4 Å². The number of benzene rings is 1. The van der Waals surface area contributed by atoms with Gasteiger partial charge in [0, 0.05) is 24.2 Å². The summed E-state index contributed by atoms with van der Waals surface area (Å²) < 4.78 is 32.2. The summed E-state index contributed by atoms with van der Waals surface area (Å²) in [7, 11) is 0. The molecule has 0 aliphatic carbocycles. The number of halogens is 2. The largest absolute Gasteiger partial charge is 0.444 e. The van der Waals surface area contributed by atoms with E-state index in [4.69, 9.17) is 4.74 Å². The first kappa shape index (κ1) is 19.4. The van der Waals surface area contributed by atoms with E-state index in [1.54, 1.807) is 27.7 Å². The molecule has 0 saturated carbocycles. The monoisotopic (exact) mass is 328 g/mol. The Kier molecular flexibility index (Phi) is 6.94. The molecular weight excluding hydrogens is 302 g/mol. The Balaban J connectivity index is 2.59. The Bertz CT molecular complexity index is 530. The van der Waals surface area contributed by atoms with Crippen molar-refractivity contribution in [2.24, 2.45) is 0 Å². The van der Waals surface area contributed by atoms with E-state index in [1.807, 2.05) is 6.92 Å². The minimum Gasteiger partial charge on any atom is -0.444 e. The van der Waals surface area contributed by atoms with Gasteiger partial charge in [0.1, 0.15) is 17.2 Å². The molecule has 130 valence electrons. The van der Waals surface area contributed by atoms with E-state index in [-0.39, 0.29) is 17.6 Å². The van der Waals surface area contributed by atoms with Crippen LogP contribution in [0.25, 0.3) is 0 Å². The third kappa shape index (κ3) is 6.95. The van der Waals surface area contributed by atoms with Gasteiger partial charge in [-0.15, -0.1) is 0 Å². The number of carbonyl (C=O) groups excluding carboxylic acids is 1. The lowest BCUT2D eigenvalue weighted by Gasteiger charge is -2.25. The van der Waals surface area contributed by atoms with Gasteiger partial charge in [-0.3, -0.25) is 0 Å². The van der Waals surface area contributed by atoms with E-state index in [9.17, 15) is 13.6 Å². The highest BCUT2D eigenvalue weighted by Gasteiger charge is 2.19. The minimum atomic E-state index is -0.558. The van der Waals surface area contributed by atoms with Gasteiger partial charge in [-0.2, -0.15) is 0 Å². The van der Waals surface area contributed by atoms with E-state index in [1.165, 1.54) is 6.07 Å². The van der Waals surface area contributed by atoms with Crippen LogP contribution in [0.1, 0.15) is 52.6 Å².